The Morgan fingerprint density at radius 2 is 2.36 bits per heavy atom. The molecule has 2 atom stereocenters. The average molecular weight is 308 g/mol. The minimum atomic E-state index is -0.875. The van der Waals surface area contributed by atoms with E-state index in [2.05, 4.69) is 20.2 Å². The Labute approximate surface area is 130 Å². The molecule has 22 heavy (non-hydrogen) atoms. The van der Waals surface area contributed by atoms with E-state index in [9.17, 15) is 15.0 Å². The summed E-state index contributed by atoms with van der Waals surface area (Å²) in [6.45, 7) is 3.80. The number of nitrogens with one attached hydrogen (secondary N) is 1. The third-order valence-corrected chi connectivity index (χ3v) is 3.95. The molecule has 7 heteroatoms. The molecule has 1 aromatic heterocycles. The molecule has 7 nitrogen and oxygen atoms in total. The van der Waals surface area contributed by atoms with Gasteiger partial charge in [-0.25, -0.2) is 14.8 Å². The van der Waals surface area contributed by atoms with Crippen LogP contribution in [0.3, 0.4) is 0 Å². The maximum atomic E-state index is 11.2. The summed E-state index contributed by atoms with van der Waals surface area (Å²) in [5.74, 6) is 0.695. The van der Waals surface area contributed by atoms with Gasteiger partial charge in [-0.2, -0.15) is 0 Å². The Kier molecular flexibility index (Phi) is 5.94. The van der Waals surface area contributed by atoms with Crippen LogP contribution in [0.4, 0.5) is 11.6 Å². The summed E-state index contributed by atoms with van der Waals surface area (Å²) in [7, 11) is 0. The van der Waals surface area contributed by atoms with Gasteiger partial charge in [0.25, 0.3) is 0 Å². The number of aromatic nitrogens is 2. The van der Waals surface area contributed by atoms with Crippen LogP contribution in [-0.4, -0.2) is 51.9 Å². The maximum Gasteiger partial charge on any atom is 0.326 e. The van der Waals surface area contributed by atoms with Gasteiger partial charge in [0.2, 0.25) is 0 Å². The third-order valence-electron chi connectivity index (χ3n) is 3.95. The van der Waals surface area contributed by atoms with Crippen LogP contribution >= 0.6 is 0 Å². The monoisotopic (exact) mass is 308 g/mol. The van der Waals surface area contributed by atoms with Crippen LogP contribution in [0, 0.1) is 5.92 Å². The van der Waals surface area contributed by atoms with Crippen molar-refractivity contribution >= 4 is 17.6 Å². The molecule has 122 valence electrons. The highest BCUT2D eigenvalue weighted by Gasteiger charge is 2.21. The van der Waals surface area contributed by atoms with E-state index in [0.29, 0.717) is 12.2 Å². The van der Waals surface area contributed by atoms with Crippen LogP contribution in [0.2, 0.25) is 0 Å². The first-order valence-electron chi connectivity index (χ1n) is 7.81. The number of aliphatic hydroxyl groups is 1. The fraction of sp³-hybridized carbons (Fsp3) is 0.667. The quantitative estimate of drug-likeness (QED) is 0.699. The van der Waals surface area contributed by atoms with E-state index in [0.717, 1.165) is 38.2 Å². The molecule has 3 N–H and O–H groups in total. The van der Waals surface area contributed by atoms with Crippen molar-refractivity contribution in [1.29, 1.82) is 0 Å². The summed E-state index contributed by atoms with van der Waals surface area (Å²) in [6, 6.07) is 1.14. The summed E-state index contributed by atoms with van der Waals surface area (Å²) >= 11 is 0. The van der Waals surface area contributed by atoms with E-state index in [4.69, 9.17) is 0 Å². The third kappa shape index (κ3) is 4.30. The SMILES string of the molecule is CCCC(Nc1cc(N2CCCC(CO)C2)ncn1)C(=O)O. The topological polar surface area (TPSA) is 98.6 Å². The van der Waals surface area contributed by atoms with Crippen LogP contribution in [-0.2, 0) is 4.79 Å². The summed E-state index contributed by atoms with van der Waals surface area (Å²) < 4.78 is 0. The number of carboxylic acids is 1. The molecule has 0 aliphatic carbocycles. The predicted molar refractivity (Wildman–Crippen MR) is 84.0 cm³/mol. The standard InChI is InChI=1S/C15H24N4O3/c1-2-4-12(15(21)22)18-13-7-14(17-10-16-13)19-6-3-5-11(8-19)9-20/h7,10-12,20H,2-6,8-9H2,1H3,(H,21,22)(H,16,17,18). The molecule has 1 aliphatic rings. The largest absolute Gasteiger partial charge is 0.480 e. The van der Waals surface area contributed by atoms with Crippen molar-refractivity contribution in [2.75, 3.05) is 29.9 Å². The highest BCUT2D eigenvalue weighted by molar-refractivity contribution is 5.77. The first-order chi connectivity index (χ1) is 10.6. The van der Waals surface area contributed by atoms with Gasteiger partial charge in [0.15, 0.2) is 0 Å². The minimum Gasteiger partial charge on any atom is -0.480 e. The summed E-state index contributed by atoms with van der Waals surface area (Å²) in [6.07, 6.45) is 4.83. The zero-order chi connectivity index (χ0) is 15.9. The molecule has 0 bridgehead atoms. The number of nitrogens with zero attached hydrogens (tertiary/aromatic N) is 3. The molecule has 2 heterocycles. The van der Waals surface area contributed by atoms with Gasteiger partial charge in [-0.3, -0.25) is 0 Å². The Morgan fingerprint density at radius 1 is 1.55 bits per heavy atom. The summed E-state index contributed by atoms with van der Waals surface area (Å²) in [5.41, 5.74) is 0. The van der Waals surface area contributed by atoms with E-state index in [1.807, 2.05) is 6.92 Å². The van der Waals surface area contributed by atoms with Crippen molar-refractivity contribution in [3.8, 4) is 0 Å². The molecular weight excluding hydrogens is 284 g/mol. The zero-order valence-corrected chi connectivity index (χ0v) is 12.9. The van der Waals surface area contributed by atoms with Crippen molar-refractivity contribution in [2.45, 2.75) is 38.6 Å². The zero-order valence-electron chi connectivity index (χ0n) is 12.9. The van der Waals surface area contributed by atoms with Crippen LogP contribution in [0.25, 0.3) is 0 Å². The smallest absolute Gasteiger partial charge is 0.326 e. The fourth-order valence-corrected chi connectivity index (χ4v) is 2.75. The highest BCUT2D eigenvalue weighted by Crippen LogP contribution is 2.22. The molecule has 0 radical (unpaired) electrons. The number of hydrogen-bond donors (Lipinski definition) is 3. The molecular formula is C15H24N4O3. The lowest BCUT2D eigenvalue weighted by Crippen LogP contribution is -2.37. The van der Waals surface area contributed by atoms with E-state index in [1.54, 1.807) is 6.07 Å². The lowest BCUT2D eigenvalue weighted by Gasteiger charge is -2.32. The first kappa shape index (κ1) is 16.5. The van der Waals surface area contributed by atoms with Gasteiger partial charge in [0, 0.05) is 25.8 Å². The van der Waals surface area contributed by atoms with Gasteiger partial charge in [-0.1, -0.05) is 13.3 Å². The van der Waals surface area contributed by atoms with E-state index in [1.165, 1.54) is 6.33 Å². The Bertz CT molecular complexity index is 497. The molecule has 1 aromatic rings. The molecule has 0 aromatic carbocycles. The molecule has 2 rings (SSSR count). The normalized spacial score (nSPS) is 19.7. The van der Waals surface area contributed by atoms with Crippen LogP contribution in [0.1, 0.15) is 32.6 Å². The molecule has 1 aliphatic heterocycles. The summed E-state index contributed by atoms with van der Waals surface area (Å²) in [5, 5.41) is 21.5. The van der Waals surface area contributed by atoms with Gasteiger partial charge in [0.05, 0.1) is 0 Å². The first-order valence-corrected chi connectivity index (χ1v) is 7.81. The van der Waals surface area contributed by atoms with Gasteiger partial charge in [0.1, 0.15) is 24.0 Å². The second-order valence-corrected chi connectivity index (χ2v) is 5.72. The average Bonchev–Trinajstić information content (AvgIpc) is 2.54. The molecule has 1 fully saturated rings. The predicted octanol–water partition coefficient (Wildman–Crippen LogP) is 1.35. The maximum absolute atomic E-state index is 11.2. The van der Waals surface area contributed by atoms with Crippen LogP contribution in [0.15, 0.2) is 12.4 Å². The number of hydrogen-bond acceptors (Lipinski definition) is 6. The Morgan fingerprint density at radius 3 is 3.05 bits per heavy atom. The van der Waals surface area contributed by atoms with E-state index >= 15 is 0 Å². The van der Waals surface area contributed by atoms with Crippen molar-refractivity contribution < 1.29 is 15.0 Å². The molecule has 0 saturated carbocycles. The molecule has 1 saturated heterocycles. The molecule has 0 spiro atoms. The van der Waals surface area contributed by atoms with Crippen molar-refractivity contribution in [3.05, 3.63) is 12.4 Å². The number of rotatable bonds is 7. The van der Waals surface area contributed by atoms with Crippen molar-refractivity contribution in [1.82, 2.24) is 9.97 Å². The highest BCUT2D eigenvalue weighted by atomic mass is 16.4. The fourth-order valence-electron chi connectivity index (χ4n) is 2.75. The van der Waals surface area contributed by atoms with Crippen LogP contribution in [0.5, 0.6) is 0 Å². The lowest BCUT2D eigenvalue weighted by molar-refractivity contribution is -0.138. The second-order valence-electron chi connectivity index (χ2n) is 5.72. The minimum absolute atomic E-state index is 0.185. The van der Waals surface area contributed by atoms with Gasteiger partial charge in [-0.05, 0) is 25.2 Å². The second kappa shape index (κ2) is 7.93. The van der Waals surface area contributed by atoms with E-state index < -0.39 is 12.0 Å². The van der Waals surface area contributed by atoms with Crippen molar-refractivity contribution in [2.24, 2.45) is 5.92 Å². The number of carbonyl (C=O) groups is 1. The van der Waals surface area contributed by atoms with Crippen molar-refractivity contribution in [3.63, 3.8) is 0 Å². The molecule has 0 amide bonds. The van der Waals surface area contributed by atoms with Crippen LogP contribution < -0.4 is 10.2 Å². The van der Waals surface area contributed by atoms with Gasteiger partial charge in [-0.15, -0.1) is 0 Å². The van der Waals surface area contributed by atoms with Gasteiger partial charge < -0.3 is 20.4 Å². The Balaban J connectivity index is 2.07. The summed E-state index contributed by atoms with van der Waals surface area (Å²) in [4.78, 5) is 21.7. The number of aliphatic hydroxyl groups excluding tert-OH is 1. The van der Waals surface area contributed by atoms with E-state index in [-0.39, 0.29) is 12.5 Å². The Hall–Kier alpha value is -1.89. The number of anilines is 2. The number of piperidine rings is 1. The number of aliphatic carboxylic acids is 1. The van der Waals surface area contributed by atoms with Gasteiger partial charge >= 0.3 is 5.97 Å². The number of carboxylic acid groups (broad SMARTS) is 1. The lowest BCUT2D eigenvalue weighted by atomic mass is 9.99. The molecule has 2 unspecified atom stereocenters.